The topological polar surface area (TPSA) is 58.2 Å². The number of amides is 2. The van der Waals surface area contributed by atoms with Crippen LogP contribution in [0.2, 0.25) is 5.02 Å². The van der Waals surface area contributed by atoms with E-state index in [0.717, 1.165) is 10.0 Å². The Hall–Kier alpha value is -1.85. The predicted octanol–water partition coefficient (Wildman–Crippen LogP) is 4.73. The monoisotopic (exact) mass is 436 g/mol. The van der Waals surface area contributed by atoms with Crippen LogP contribution in [0.25, 0.3) is 0 Å². The van der Waals surface area contributed by atoms with Crippen LogP contribution < -0.4 is 10.6 Å². The van der Waals surface area contributed by atoms with Crippen molar-refractivity contribution in [3.63, 3.8) is 0 Å². The summed E-state index contributed by atoms with van der Waals surface area (Å²) in [5, 5.41) is 6.13. The number of nitrogens with one attached hydrogen (secondary N) is 2. The second kappa shape index (κ2) is 9.19. The number of halogens is 2. The van der Waals surface area contributed by atoms with Crippen LogP contribution in [0.4, 0.5) is 0 Å². The molecular weight excluding hydrogens is 416 g/mol. The number of hydrogen-bond acceptors (Lipinski definition) is 2. The molecule has 2 amide bonds. The van der Waals surface area contributed by atoms with E-state index in [1.165, 1.54) is 0 Å². The zero-order chi connectivity index (χ0) is 19.3. The Labute approximate surface area is 167 Å². The van der Waals surface area contributed by atoms with Gasteiger partial charge in [-0.25, -0.2) is 0 Å². The SMILES string of the molecule is CC(NC(=O)C(NC(=O)c1ccccc1Cl)C(C)C)c1ccccc1Br. The number of rotatable bonds is 6. The highest BCUT2D eigenvalue weighted by molar-refractivity contribution is 9.10. The highest BCUT2D eigenvalue weighted by atomic mass is 79.9. The van der Waals surface area contributed by atoms with Crippen molar-refractivity contribution in [1.82, 2.24) is 10.6 Å². The quantitative estimate of drug-likeness (QED) is 0.686. The summed E-state index contributed by atoms with van der Waals surface area (Å²) in [4.78, 5) is 25.3. The van der Waals surface area contributed by atoms with Crippen LogP contribution >= 0.6 is 27.5 Å². The zero-order valence-electron chi connectivity index (χ0n) is 14.9. The highest BCUT2D eigenvalue weighted by Crippen LogP contribution is 2.23. The van der Waals surface area contributed by atoms with Gasteiger partial charge in [-0.2, -0.15) is 0 Å². The molecule has 2 aromatic carbocycles. The van der Waals surface area contributed by atoms with Gasteiger partial charge < -0.3 is 10.6 Å². The zero-order valence-corrected chi connectivity index (χ0v) is 17.3. The first-order chi connectivity index (χ1) is 12.3. The van der Waals surface area contributed by atoms with Gasteiger partial charge in [-0.05, 0) is 36.6 Å². The Kier molecular flexibility index (Phi) is 7.23. The summed E-state index contributed by atoms with van der Waals surface area (Å²) in [6.45, 7) is 5.69. The number of hydrogen-bond donors (Lipinski definition) is 2. The fraction of sp³-hybridized carbons (Fsp3) is 0.300. The molecule has 26 heavy (non-hydrogen) atoms. The summed E-state index contributed by atoms with van der Waals surface area (Å²) in [5.41, 5.74) is 1.33. The third kappa shape index (κ3) is 5.08. The summed E-state index contributed by atoms with van der Waals surface area (Å²) in [6, 6.07) is 13.6. The Morgan fingerprint density at radius 3 is 2.19 bits per heavy atom. The Balaban J connectivity index is 2.11. The molecule has 0 aliphatic heterocycles. The van der Waals surface area contributed by atoms with Crippen molar-refractivity contribution in [2.75, 3.05) is 0 Å². The minimum Gasteiger partial charge on any atom is -0.348 e. The van der Waals surface area contributed by atoms with Crippen molar-refractivity contribution in [2.24, 2.45) is 5.92 Å². The third-order valence-corrected chi connectivity index (χ3v) is 5.14. The van der Waals surface area contributed by atoms with E-state index in [9.17, 15) is 9.59 Å². The van der Waals surface area contributed by atoms with E-state index in [1.807, 2.05) is 45.0 Å². The van der Waals surface area contributed by atoms with Gasteiger partial charge >= 0.3 is 0 Å². The van der Waals surface area contributed by atoms with E-state index in [1.54, 1.807) is 24.3 Å². The summed E-state index contributed by atoms with van der Waals surface area (Å²) < 4.78 is 0.925. The molecule has 0 saturated heterocycles. The molecule has 4 nitrogen and oxygen atoms in total. The smallest absolute Gasteiger partial charge is 0.253 e. The van der Waals surface area contributed by atoms with E-state index >= 15 is 0 Å². The minimum absolute atomic E-state index is 0.0761. The third-order valence-electron chi connectivity index (χ3n) is 4.08. The van der Waals surface area contributed by atoms with Gasteiger partial charge in [0.1, 0.15) is 6.04 Å². The van der Waals surface area contributed by atoms with Crippen molar-refractivity contribution < 1.29 is 9.59 Å². The fourth-order valence-electron chi connectivity index (χ4n) is 2.61. The summed E-state index contributed by atoms with van der Waals surface area (Å²) >= 11 is 9.57. The van der Waals surface area contributed by atoms with Gasteiger partial charge in [-0.1, -0.05) is 71.7 Å². The Morgan fingerprint density at radius 2 is 1.58 bits per heavy atom. The van der Waals surface area contributed by atoms with Crippen molar-refractivity contribution in [2.45, 2.75) is 32.9 Å². The van der Waals surface area contributed by atoms with Crippen LogP contribution in [0.5, 0.6) is 0 Å². The van der Waals surface area contributed by atoms with E-state index < -0.39 is 6.04 Å². The lowest BCUT2D eigenvalue weighted by atomic mass is 10.0. The molecule has 0 spiro atoms. The molecule has 0 aliphatic carbocycles. The second-order valence-electron chi connectivity index (χ2n) is 6.43. The van der Waals surface area contributed by atoms with Crippen molar-refractivity contribution in [3.8, 4) is 0 Å². The molecular formula is C20H22BrClN2O2. The van der Waals surface area contributed by atoms with Gasteiger partial charge in [-0.3, -0.25) is 9.59 Å². The molecule has 0 bridgehead atoms. The Morgan fingerprint density at radius 1 is 0.962 bits per heavy atom. The maximum Gasteiger partial charge on any atom is 0.253 e. The van der Waals surface area contributed by atoms with Crippen LogP contribution in [-0.2, 0) is 4.79 Å². The van der Waals surface area contributed by atoms with Crippen LogP contribution in [0.1, 0.15) is 42.7 Å². The van der Waals surface area contributed by atoms with Crippen LogP contribution in [-0.4, -0.2) is 17.9 Å². The molecule has 2 unspecified atom stereocenters. The largest absolute Gasteiger partial charge is 0.348 e. The van der Waals surface area contributed by atoms with Gasteiger partial charge in [-0.15, -0.1) is 0 Å². The van der Waals surface area contributed by atoms with Crippen LogP contribution in [0, 0.1) is 5.92 Å². The lowest BCUT2D eigenvalue weighted by molar-refractivity contribution is -0.124. The van der Waals surface area contributed by atoms with Crippen LogP contribution in [0.3, 0.4) is 0 Å². The van der Waals surface area contributed by atoms with Crippen molar-refractivity contribution in [1.29, 1.82) is 0 Å². The highest BCUT2D eigenvalue weighted by Gasteiger charge is 2.26. The number of carbonyl (C=O) groups excluding carboxylic acids is 2. The number of benzene rings is 2. The molecule has 2 aromatic rings. The van der Waals surface area contributed by atoms with E-state index in [-0.39, 0.29) is 23.8 Å². The fourth-order valence-corrected chi connectivity index (χ4v) is 3.46. The predicted molar refractivity (Wildman–Crippen MR) is 108 cm³/mol. The van der Waals surface area contributed by atoms with Gasteiger partial charge in [0.2, 0.25) is 5.91 Å². The normalized spacial score (nSPS) is 13.2. The van der Waals surface area contributed by atoms with Gasteiger partial charge in [0.15, 0.2) is 0 Å². The van der Waals surface area contributed by atoms with Gasteiger partial charge in [0.25, 0.3) is 5.91 Å². The molecule has 138 valence electrons. The molecule has 0 fully saturated rings. The second-order valence-corrected chi connectivity index (χ2v) is 7.69. The summed E-state index contributed by atoms with van der Waals surface area (Å²) in [7, 11) is 0. The van der Waals surface area contributed by atoms with E-state index in [2.05, 4.69) is 26.6 Å². The molecule has 0 heterocycles. The minimum atomic E-state index is -0.663. The average Bonchev–Trinajstić information content (AvgIpc) is 2.59. The van der Waals surface area contributed by atoms with E-state index in [0.29, 0.717) is 10.6 Å². The number of carbonyl (C=O) groups is 2. The Bertz CT molecular complexity index is 795. The average molecular weight is 438 g/mol. The van der Waals surface area contributed by atoms with Gasteiger partial charge in [0.05, 0.1) is 16.6 Å². The van der Waals surface area contributed by atoms with Crippen molar-refractivity contribution >= 4 is 39.3 Å². The molecule has 6 heteroatoms. The lowest BCUT2D eigenvalue weighted by Crippen LogP contribution is -2.50. The first-order valence-electron chi connectivity index (χ1n) is 8.41. The maximum absolute atomic E-state index is 12.8. The van der Waals surface area contributed by atoms with E-state index in [4.69, 9.17) is 11.6 Å². The molecule has 0 aromatic heterocycles. The molecule has 2 N–H and O–H groups in total. The first-order valence-corrected chi connectivity index (χ1v) is 9.58. The summed E-state index contributed by atoms with van der Waals surface area (Å²) in [6.07, 6.45) is 0. The summed E-state index contributed by atoms with van der Waals surface area (Å²) in [5.74, 6) is -0.672. The molecule has 0 aliphatic rings. The molecule has 2 rings (SSSR count). The maximum atomic E-state index is 12.8. The van der Waals surface area contributed by atoms with Gasteiger partial charge in [0, 0.05) is 4.47 Å². The molecule has 0 radical (unpaired) electrons. The van der Waals surface area contributed by atoms with Crippen molar-refractivity contribution in [3.05, 3.63) is 69.2 Å². The van der Waals surface area contributed by atoms with Crippen LogP contribution in [0.15, 0.2) is 53.0 Å². The molecule has 0 saturated carbocycles. The first kappa shape index (κ1) is 20.5. The molecule has 2 atom stereocenters. The standard InChI is InChI=1S/C20H22BrClN2O2/c1-12(2)18(24-19(25)15-9-5-7-11-17(15)22)20(26)23-13(3)14-8-4-6-10-16(14)21/h4-13,18H,1-3H3,(H,23,26)(H,24,25). The lowest BCUT2D eigenvalue weighted by Gasteiger charge is -2.24.